The number of esters is 1. The van der Waals surface area contributed by atoms with Gasteiger partial charge in [0.25, 0.3) is 0 Å². The molecule has 18 heavy (non-hydrogen) atoms. The molecule has 0 aromatic carbocycles. The molecular formula is C10H12F3NO4. The number of nitrogens with zero attached hydrogens (tertiary/aromatic N) is 1. The highest BCUT2D eigenvalue weighted by Crippen LogP contribution is 2.26. The molecule has 1 N–H and O–H groups in total. The number of carbonyl (C=O) groups excluding carboxylic acids is 2. The molecule has 0 saturated carbocycles. The molecule has 0 aliphatic carbocycles. The van der Waals surface area contributed by atoms with Gasteiger partial charge in [-0.3, -0.25) is 4.79 Å². The maximum absolute atomic E-state index is 12.3. The molecule has 0 unspecified atom stereocenters. The van der Waals surface area contributed by atoms with E-state index in [1.54, 1.807) is 0 Å². The van der Waals surface area contributed by atoms with E-state index in [9.17, 15) is 27.9 Å². The topological polar surface area (TPSA) is 66.8 Å². The van der Waals surface area contributed by atoms with Gasteiger partial charge >= 0.3 is 18.1 Å². The van der Waals surface area contributed by atoms with Crippen LogP contribution in [0.5, 0.6) is 0 Å². The van der Waals surface area contributed by atoms with Crippen molar-refractivity contribution in [2.45, 2.75) is 24.7 Å². The molecule has 0 spiro atoms. The Morgan fingerprint density at radius 3 is 2.61 bits per heavy atom. The van der Waals surface area contributed by atoms with Gasteiger partial charge in [0, 0.05) is 13.0 Å². The third kappa shape index (κ3) is 3.22. The number of alkyl halides is 3. The molecule has 1 amide bonds. The summed E-state index contributed by atoms with van der Waals surface area (Å²) >= 11 is 0. The first-order valence-corrected chi connectivity index (χ1v) is 5.10. The minimum absolute atomic E-state index is 0.167. The Morgan fingerprint density at radius 1 is 1.50 bits per heavy atom. The number of carbonyl (C=O) groups is 2. The van der Waals surface area contributed by atoms with Crippen LogP contribution in [0.15, 0.2) is 12.7 Å². The summed E-state index contributed by atoms with van der Waals surface area (Å²) in [5.74, 6) is -3.14. The summed E-state index contributed by atoms with van der Waals surface area (Å²) in [7, 11) is 0. The van der Waals surface area contributed by atoms with Crippen LogP contribution in [0.1, 0.15) is 6.42 Å². The van der Waals surface area contributed by atoms with E-state index in [0.29, 0.717) is 0 Å². The maximum Gasteiger partial charge on any atom is 0.471 e. The highest BCUT2D eigenvalue weighted by molar-refractivity contribution is 5.88. The fourth-order valence-electron chi connectivity index (χ4n) is 1.66. The number of ether oxygens (including phenoxy) is 1. The molecular weight excluding hydrogens is 255 g/mol. The Balaban J connectivity index is 2.79. The Hall–Kier alpha value is -1.57. The number of amides is 1. The molecule has 102 valence electrons. The fourth-order valence-corrected chi connectivity index (χ4v) is 1.66. The minimum Gasteiger partial charge on any atom is -0.460 e. The standard InChI is InChI=1S/C10H12F3NO4/c1-2-3-18-8(16)7-4-6(15)5-14(7)9(17)10(11,12)13/h2,6-7,15H,1,3-5H2/t6-,7-/m0/s1. The molecule has 1 rings (SSSR count). The Bertz CT molecular complexity index is 356. The summed E-state index contributed by atoms with van der Waals surface area (Å²) in [4.78, 5) is 22.8. The highest BCUT2D eigenvalue weighted by Gasteiger charge is 2.50. The summed E-state index contributed by atoms with van der Waals surface area (Å²) in [6.07, 6.45) is -5.27. The van der Waals surface area contributed by atoms with Gasteiger partial charge in [0.05, 0.1) is 6.10 Å². The van der Waals surface area contributed by atoms with Crippen molar-refractivity contribution in [3.8, 4) is 0 Å². The van der Waals surface area contributed by atoms with Crippen molar-refractivity contribution in [3.63, 3.8) is 0 Å². The lowest BCUT2D eigenvalue weighted by molar-refractivity contribution is -0.188. The van der Waals surface area contributed by atoms with Crippen LogP contribution in [0.25, 0.3) is 0 Å². The molecule has 5 nitrogen and oxygen atoms in total. The molecule has 2 atom stereocenters. The number of β-amino-alcohol motifs (C(OH)–C–C–N with tert-alkyl or cyclic N) is 1. The molecule has 0 aromatic rings. The second-order valence-corrected chi connectivity index (χ2v) is 3.78. The first kappa shape index (κ1) is 14.5. The monoisotopic (exact) mass is 267 g/mol. The SMILES string of the molecule is C=CCOC(=O)[C@@H]1C[C@H](O)CN1C(=O)C(F)(F)F. The van der Waals surface area contributed by atoms with Gasteiger partial charge in [-0.05, 0) is 0 Å². The van der Waals surface area contributed by atoms with Gasteiger partial charge in [-0.25, -0.2) is 4.79 Å². The molecule has 1 saturated heterocycles. The predicted octanol–water partition coefficient (Wildman–Crippen LogP) is 0.240. The maximum atomic E-state index is 12.3. The van der Waals surface area contributed by atoms with Crippen molar-refractivity contribution in [2.75, 3.05) is 13.2 Å². The number of likely N-dealkylation sites (tertiary alicyclic amines) is 1. The van der Waals surface area contributed by atoms with Crippen LogP contribution in [0.4, 0.5) is 13.2 Å². The Kier molecular flexibility index (Phi) is 4.33. The van der Waals surface area contributed by atoms with E-state index in [1.165, 1.54) is 6.08 Å². The van der Waals surface area contributed by atoms with Crippen molar-refractivity contribution in [3.05, 3.63) is 12.7 Å². The molecule has 0 bridgehead atoms. The number of aliphatic hydroxyl groups is 1. The third-order valence-corrected chi connectivity index (χ3v) is 2.40. The van der Waals surface area contributed by atoms with E-state index in [4.69, 9.17) is 0 Å². The molecule has 1 heterocycles. The number of halogens is 3. The molecule has 1 aliphatic rings. The predicted molar refractivity (Wildman–Crippen MR) is 53.3 cm³/mol. The smallest absolute Gasteiger partial charge is 0.460 e. The van der Waals surface area contributed by atoms with Crippen molar-refractivity contribution < 1.29 is 32.6 Å². The second-order valence-electron chi connectivity index (χ2n) is 3.78. The zero-order valence-electron chi connectivity index (χ0n) is 9.31. The summed E-state index contributed by atoms with van der Waals surface area (Å²) in [6, 6.07) is -1.41. The largest absolute Gasteiger partial charge is 0.471 e. The molecule has 0 aromatic heterocycles. The van der Waals surface area contributed by atoms with E-state index in [1.807, 2.05) is 0 Å². The van der Waals surface area contributed by atoms with Crippen LogP contribution in [-0.2, 0) is 14.3 Å². The van der Waals surface area contributed by atoms with Gasteiger partial charge in [-0.1, -0.05) is 12.7 Å². The summed E-state index contributed by atoms with van der Waals surface area (Å²) in [6.45, 7) is 2.58. The molecule has 8 heteroatoms. The Labute approximate surface area is 101 Å². The van der Waals surface area contributed by atoms with Crippen molar-refractivity contribution in [1.29, 1.82) is 0 Å². The third-order valence-electron chi connectivity index (χ3n) is 2.40. The van der Waals surface area contributed by atoms with E-state index in [-0.39, 0.29) is 17.9 Å². The quantitative estimate of drug-likeness (QED) is 0.587. The van der Waals surface area contributed by atoms with Gasteiger partial charge in [0.1, 0.15) is 12.6 Å². The molecule has 0 radical (unpaired) electrons. The Morgan fingerprint density at radius 2 is 2.11 bits per heavy atom. The van der Waals surface area contributed by atoms with E-state index < -0.39 is 36.7 Å². The average Bonchev–Trinajstić information content (AvgIpc) is 2.65. The number of rotatable bonds is 3. The summed E-state index contributed by atoms with van der Waals surface area (Å²) < 4.78 is 41.4. The van der Waals surface area contributed by atoms with Crippen LogP contribution in [0, 0.1) is 0 Å². The van der Waals surface area contributed by atoms with Gasteiger partial charge in [-0.2, -0.15) is 13.2 Å². The molecule has 1 fully saturated rings. The van der Waals surface area contributed by atoms with Gasteiger partial charge < -0.3 is 14.7 Å². The lowest BCUT2D eigenvalue weighted by Gasteiger charge is -2.23. The van der Waals surface area contributed by atoms with Crippen LogP contribution in [0.3, 0.4) is 0 Å². The van der Waals surface area contributed by atoms with Crippen LogP contribution in [0.2, 0.25) is 0 Å². The summed E-state index contributed by atoms with van der Waals surface area (Å²) in [5, 5.41) is 9.27. The highest BCUT2D eigenvalue weighted by atomic mass is 19.4. The average molecular weight is 267 g/mol. The first-order valence-electron chi connectivity index (χ1n) is 5.10. The van der Waals surface area contributed by atoms with E-state index in [0.717, 1.165) is 0 Å². The molecule has 1 aliphatic heterocycles. The van der Waals surface area contributed by atoms with Crippen LogP contribution in [-0.4, -0.2) is 53.4 Å². The number of hydrogen-bond donors (Lipinski definition) is 1. The van der Waals surface area contributed by atoms with Crippen LogP contribution < -0.4 is 0 Å². The van der Waals surface area contributed by atoms with Crippen LogP contribution >= 0.6 is 0 Å². The van der Waals surface area contributed by atoms with Crippen molar-refractivity contribution in [1.82, 2.24) is 4.90 Å². The lowest BCUT2D eigenvalue weighted by atomic mass is 10.2. The van der Waals surface area contributed by atoms with Crippen molar-refractivity contribution >= 4 is 11.9 Å². The van der Waals surface area contributed by atoms with Gasteiger partial charge in [0.15, 0.2) is 0 Å². The number of hydrogen-bond acceptors (Lipinski definition) is 4. The first-order chi connectivity index (χ1) is 8.27. The zero-order valence-corrected chi connectivity index (χ0v) is 9.31. The van der Waals surface area contributed by atoms with E-state index >= 15 is 0 Å². The van der Waals surface area contributed by atoms with Gasteiger partial charge in [0.2, 0.25) is 0 Å². The fraction of sp³-hybridized carbons (Fsp3) is 0.600. The lowest BCUT2D eigenvalue weighted by Crippen LogP contribution is -2.47. The van der Waals surface area contributed by atoms with Gasteiger partial charge in [-0.15, -0.1) is 0 Å². The van der Waals surface area contributed by atoms with E-state index in [2.05, 4.69) is 11.3 Å². The minimum atomic E-state index is -5.08. The number of aliphatic hydroxyl groups excluding tert-OH is 1. The second kappa shape index (κ2) is 5.38. The van der Waals surface area contributed by atoms with Crippen molar-refractivity contribution in [2.24, 2.45) is 0 Å². The summed E-state index contributed by atoms with van der Waals surface area (Å²) in [5.41, 5.74) is 0. The zero-order chi connectivity index (χ0) is 13.9. The normalized spacial score (nSPS) is 23.9.